The van der Waals surface area contributed by atoms with E-state index >= 15 is 0 Å². The molecule has 1 rings (SSSR count). The van der Waals surface area contributed by atoms with Crippen LogP contribution in [0.2, 0.25) is 5.02 Å². The molecule has 0 bridgehead atoms. The topological polar surface area (TPSA) is 21.3 Å². The zero-order valence-electron chi connectivity index (χ0n) is 11.5. The molecule has 0 heterocycles. The lowest BCUT2D eigenvalue weighted by atomic mass is 10.1. The number of nitrogens with one attached hydrogen (secondary N) is 1. The maximum atomic E-state index is 13.4. The van der Waals surface area contributed by atoms with Gasteiger partial charge in [0.2, 0.25) is 0 Å². The molecule has 0 amide bonds. The first kappa shape index (κ1) is 16.7. The summed E-state index contributed by atoms with van der Waals surface area (Å²) in [5.74, 6) is 0.683. The zero-order valence-corrected chi connectivity index (χ0v) is 13.8. The van der Waals surface area contributed by atoms with Gasteiger partial charge in [-0.1, -0.05) is 25.4 Å². The van der Waals surface area contributed by atoms with E-state index in [1.165, 1.54) is 12.1 Å². The third-order valence-corrected chi connectivity index (χ3v) is 3.54. The van der Waals surface area contributed by atoms with Gasteiger partial charge in [-0.25, -0.2) is 4.39 Å². The second-order valence-electron chi connectivity index (χ2n) is 5.01. The van der Waals surface area contributed by atoms with Gasteiger partial charge in [-0.2, -0.15) is 0 Å². The first-order valence-corrected chi connectivity index (χ1v) is 7.59. The van der Waals surface area contributed by atoms with Crippen LogP contribution in [0.25, 0.3) is 0 Å². The largest absolute Gasteiger partial charge is 0.488 e. The molecule has 0 aromatic heterocycles. The SMILES string of the molecule is CC(C)CCNCC(C)Oc1cc(F)c(Cl)cc1Br. The molecule has 1 aromatic rings. The van der Waals surface area contributed by atoms with E-state index < -0.39 is 5.82 Å². The summed E-state index contributed by atoms with van der Waals surface area (Å²) in [5.41, 5.74) is 0. The van der Waals surface area contributed by atoms with Crippen LogP contribution in [0, 0.1) is 11.7 Å². The van der Waals surface area contributed by atoms with Gasteiger partial charge in [-0.3, -0.25) is 0 Å². The van der Waals surface area contributed by atoms with E-state index in [0.29, 0.717) is 16.1 Å². The molecular weight excluding hydrogens is 333 g/mol. The quantitative estimate of drug-likeness (QED) is 0.570. The summed E-state index contributed by atoms with van der Waals surface area (Å²) in [7, 11) is 0. The van der Waals surface area contributed by atoms with Crippen molar-refractivity contribution in [3.05, 3.63) is 27.4 Å². The third-order valence-electron chi connectivity index (χ3n) is 2.63. The van der Waals surface area contributed by atoms with Crippen LogP contribution < -0.4 is 10.1 Å². The van der Waals surface area contributed by atoms with Crippen molar-refractivity contribution < 1.29 is 9.13 Å². The van der Waals surface area contributed by atoms with E-state index in [-0.39, 0.29) is 11.1 Å². The Labute approximate surface area is 127 Å². The first-order valence-electron chi connectivity index (χ1n) is 6.42. The summed E-state index contributed by atoms with van der Waals surface area (Å²) in [6, 6.07) is 2.81. The van der Waals surface area contributed by atoms with Crippen LogP contribution in [0.1, 0.15) is 27.2 Å². The Kier molecular flexibility index (Phi) is 7.11. The van der Waals surface area contributed by atoms with Crippen LogP contribution in [0.15, 0.2) is 16.6 Å². The molecule has 1 unspecified atom stereocenters. The van der Waals surface area contributed by atoms with Gasteiger partial charge in [0, 0.05) is 12.6 Å². The second-order valence-corrected chi connectivity index (χ2v) is 6.27. The Balaban J connectivity index is 2.44. The molecule has 0 radical (unpaired) electrons. The first-order chi connectivity index (χ1) is 8.90. The van der Waals surface area contributed by atoms with Crippen LogP contribution in [0.3, 0.4) is 0 Å². The molecule has 2 nitrogen and oxygen atoms in total. The molecule has 0 aliphatic rings. The molecule has 0 aliphatic carbocycles. The van der Waals surface area contributed by atoms with E-state index in [1.807, 2.05) is 6.92 Å². The minimum Gasteiger partial charge on any atom is -0.488 e. The molecule has 0 aliphatic heterocycles. The molecule has 1 aromatic carbocycles. The van der Waals surface area contributed by atoms with Crippen molar-refractivity contribution in [3.8, 4) is 5.75 Å². The number of benzene rings is 1. The Hall–Kier alpha value is -0.320. The van der Waals surface area contributed by atoms with E-state index in [9.17, 15) is 4.39 Å². The fourth-order valence-electron chi connectivity index (χ4n) is 1.55. The summed E-state index contributed by atoms with van der Waals surface area (Å²) in [5, 5.41) is 3.41. The Bertz CT molecular complexity index is 415. The highest BCUT2D eigenvalue weighted by Crippen LogP contribution is 2.31. The molecule has 0 saturated heterocycles. The van der Waals surface area contributed by atoms with E-state index in [0.717, 1.165) is 19.5 Å². The lowest BCUT2D eigenvalue weighted by Gasteiger charge is -2.17. The second kappa shape index (κ2) is 8.08. The third kappa shape index (κ3) is 6.11. The summed E-state index contributed by atoms with van der Waals surface area (Å²) < 4.78 is 19.7. The van der Waals surface area contributed by atoms with E-state index in [2.05, 4.69) is 35.1 Å². The van der Waals surface area contributed by atoms with E-state index in [1.54, 1.807) is 0 Å². The average Bonchev–Trinajstić information content (AvgIpc) is 2.31. The fourth-order valence-corrected chi connectivity index (χ4v) is 2.28. The minimum absolute atomic E-state index is 0.0379. The molecule has 0 saturated carbocycles. The van der Waals surface area contributed by atoms with E-state index in [4.69, 9.17) is 16.3 Å². The van der Waals surface area contributed by atoms with Crippen LogP contribution in [0.5, 0.6) is 5.75 Å². The predicted octanol–water partition coefficient (Wildman–Crippen LogP) is 4.64. The Morgan fingerprint density at radius 1 is 1.37 bits per heavy atom. The monoisotopic (exact) mass is 351 g/mol. The summed E-state index contributed by atoms with van der Waals surface area (Å²) in [4.78, 5) is 0. The predicted molar refractivity (Wildman–Crippen MR) is 81.5 cm³/mol. The molecule has 108 valence electrons. The highest BCUT2D eigenvalue weighted by Gasteiger charge is 2.11. The van der Waals surface area contributed by atoms with Crippen LogP contribution in [-0.2, 0) is 0 Å². The molecule has 19 heavy (non-hydrogen) atoms. The summed E-state index contributed by atoms with van der Waals surface area (Å²) in [6.07, 6.45) is 1.09. The number of rotatable bonds is 7. The van der Waals surface area contributed by atoms with Gasteiger partial charge in [0.1, 0.15) is 17.7 Å². The molecule has 1 atom stereocenters. The maximum Gasteiger partial charge on any atom is 0.145 e. The Morgan fingerprint density at radius 3 is 2.68 bits per heavy atom. The highest BCUT2D eigenvalue weighted by atomic mass is 79.9. The summed E-state index contributed by atoms with van der Waals surface area (Å²) in [6.45, 7) is 8.01. The van der Waals surface area contributed by atoms with Crippen molar-refractivity contribution >= 4 is 27.5 Å². The van der Waals surface area contributed by atoms with Gasteiger partial charge in [0.05, 0.1) is 9.50 Å². The van der Waals surface area contributed by atoms with Gasteiger partial charge < -0.3 is 10.1 Å². The number of ether oxygens (including phenoxy) is 1. The van der Waals surface area contributed by atoms with Crippen molar-refractivity contribution in [2.24, 2.45) is 5.92 Å². The molecule has 0 fully saturated rings. The van der Waals surface area contributed by atoms with Crippen molar-refractivity contribution in [2.75, 3.05) is 13.1 Å². The number of hydrogen-bond donors (Lipinski definition) is 1. The van der Waals surface area contributed by atoms with Crippen molar-refractivity contribution in [1.82, 2.24) is 5.32 Å². The smallest absolute Gasteiger partial charge is 0.145 e. The standard InChI is InChI=1S/C14H20BrClFNO/c1-9(2)4-5-18-8-10(3)19-14-7-13(17)12(16)6-11(14)15/h6-7,9-10,18H,4-5,8H2,1-3H3. The lowest BCUT2D eigenvalue weighted by Crippen LogP contribution is -2.30. The van der Waals surface area contributed by atoms with Crippen molar-refractivity contribution in [3.63, 3.8) is 0 Å². The van der Waals surface area contributed by atoms with Gasteiger partial charge in [-0.05, 0) is 47.8 Å². The van der Waals surface area contributed by atoms with Crippen molar-refractivity contribution in [1.29, 1.82) is 0 Å². The molecule has 1 N–H and O–H groups in total. The van der Waals surface area contributed by atoms with Crippen LogP contribution in [-0.4, -0.2) is 19.2 Å². The summed E-state index contributed by atoms with van der Waals surface area (Å²) >= 11 is 9.00. The van der Waals surface area contributed by atoms with Crippen LogP contribution >= 0.6 is 27.5 Å². The maximum absolute atomic E-state index is 13.4. The van der Waals surface area contributed by atoms with Gasteiger partial charge >= 0.3 is 0 Å². The van der Waals surface area contributed by atoms with Crippen LogP contribution in [0.4, 0.5) is 4.39 Å². The number of halogens is 3. The number of hydrogen-bond acceptors (Lipinski definition) is 2. The highest BCUT2D eigenvalue weighted by molar-refractivity contribution is 9.10. The lowest BCUT2D eigenvalue weighted by molar-refractivity contribution is 0.214. The fraction of sp³-hybridized carbons (Fsp3) is 0.571. The van der Waals surface area contributed by atoms with Gasteiger partial charge in [-0.15, -0.1) is 0 Å². The average molecular weight is 353 g/mol. The molecular formula is C14H20BrClFNO. The molecule has 0 spiro atoms. The molecule has 5 heteroatoms. The Morgan fingerprint density at radius 2 is 2.05 bits per heavy atom. The van der Waals surface area contributed by atoms with Gasteiger partial charge in [0.25, 0.3) is 0 Å². The zero-order chi connectivity index (χ0) is 14.4. The normalized spacial score (nSPS) is 12.8. The minimum atomic E-state index is -0.472. The van der Waals surface area contributed by atoms with Crippen molar-refractivity contribution in [2.45, 2.75) is 33.3 Å². The van der Waals surface area contributed by atoms with Gasteiger partial charge in [0.15, 0.2) is 0 Å².